The lowest BCUT2D eigenvalue weighted by molar-refractivity contribution is -0.144. The Morgan fingerprint density at radius 1 is 1.30 bits per heavy atom. The smallest absolute Gasteiger partial charge is 0.410 e. The fraction of sp³-hybridized carbons (Fsp3) is 0.737. The van der Waals surface area contributed by atoms with Crippen molar-refractivity contribution in [1.82, 2.24) is 10.1 Å². The van der Waals surface area contributed by atoms with Crippen LogP contribution in [-0.4, -0.2) is 60.5 Å². The molecule has 0 bridgehead atoms. The summed E-state index contributed by atoms with van der Waals surface area (Å²) in [6.07, 6.45) is -0.305. The largest absolute Gasteiger partial charge is 0.468 e. The van der Waals surface area contributed by atoms with Gasteiger partial charge in [-0.05, 0) is 33.6 Å². The number of hydrogen-bond acceptors (Lipinski definition) is 7. The van der Waals surface area contributed by atoms with Crippen LogP contribution in [0.1, 0.15) is 53.2 Å². The number of esters is 1. The highest BCUT2D eigenvalue weighted by Gasteiger charge is 2.33. The van der Waals surface area contributed by atoms with Crippen molar-refractivity contribution in [3.8, 4) is 0 Å². The molecular weight excluding hydrogens is 350 g/mol. The van der Waals surface area contributed by atoms with E-state index < -0.39 is 11.5 Å². The first-order valence-electron chi connectivity index (χ1n) is 9.32. The molecule has 0 saturated carbocycles. The molecule has 0 aliphatic carbocycles. The molecule has 2 atom stereocenters. The van der Waals surface area contributed by atoms with E-state index in [1.54, 1.807) is 11.0 Å². The Morgan fingerprint density at radius 3 is 2.48 bits per heavy atom. The molecule has 152 valence electrons. The lowest BCUT2D eigenvalue weighted by atomic mass is 9.93. The van der Waals surface area contributed by atoms with Crippen molar-refractivity contribution in [2.24, 2.45) is 5.92 Å². The second-order valence-electron chi connectivity index (χ2n) is 8.30. The number of aromatic nitrogens is 1. The molecule has 0 aromatic carbocycles. The summed E-state index contributed by atoms with van der Waals surface area (Å²) in [5, 5.41) is 4.15. The van der Waals surface area contributed by atoms with Gasteiger partial charge in [0.1, 0.15) is 11.5 Å². The zero-order valence-corrected chi connectivity index (χ0v) is 17.3. The summed E-state index contributed by atoms with van der Waals surface area (Å²) in [5.74, 6) is 0.356. The van der Waals surface area contributed by atoms with Gasteiger partial charge in [-0.15, -0.1) is 0 Å². The van der Waals surface area contributed by atoms with Gasteiger partial charge in [0.05, 0.1) is 7.11 Å². The van der Waals surface area contributed by atoms with Crippen LogP contribution in [0.3, 0.4) is 0 Å². The highest BCUT2D eigenvalue weighted by molar-refractivity contribution is 5.77. The van der Waals surface area contributed by atoms with Crippen LogP contribution in [0.2, 0.25) is 0 Å². The van der Waals surface area contributed by atoms with Gasteiger partial charge in [0.25, 0.3) is 0 Å². The minimum atomic E-state index is -0.516. The van der Waals surface area contributed by atoms with E-state index in [1.165, 1.54) is 7.11 Å². The lowest BCUT2D eigenvalue weighted by Crippen LogP contribution is -2.54. The number of hydrogen-bond donors (Lipinski definition) is 0. The third-order valence-corrected chi connectivity index (χ3v) is 4.52. The van der Waals surface area contributed by atoms with Crippen LogP contribution in [0.4, 0.5) is 10.6 Å². The molecule has 1 aliphatic rings. The lowest BCUT2D eigenvalue weighted by Gasteiger charge is -2.40. The van der Waals surface area contributed by atoms with Gasteiger partial charge in [0.15, 0.2) is 11.6 Å². The number of carbonyl (C=O) groups is 2. The summed E-state index contributed by atoms with van der Waals surface area (Å²) in [4.78, 5) is 28.1. The molecule has 1 aromatic rings. The number of anilines is 1. The van der Waals surface area contributed by atoms with Crippen molar-refractivity contribution in [3.05, 3.63) is 11.8 Å². The number of piperazine rings is 1. The average Bonchev–Trinajstić information content (AvgIpc) is 3.01. The van der Waals surface area contributed by atoms with Gasteiger partial charge in [-0.1, -0.05) is 19.0 Å². The summed E-state index contributed by atoms with van der Waals surface area (Å²) in [5.41, 5.74) is -0.516. The number of amides is 1. The van der Waals surface area contributed by atoms with Gasteiger partial charge < -0.3 is 23.8 Å². The van der Waals surface area contributed by atoms with E-state index in [0.717, 1.165) is 0 Å². The van der Waals surface area contributed by atoms with Gasteiger partial charge >= 0.3 is 12.1 Å². The monoisotopic (exact) mass is 381 g/mol. The molecule has 1 fully saturated rings. The Hall–Kier alpha value is -2.25. The predicted molar refractivity (Wildman–Crippen MR) is 101 cm³/mol. The van der Waals surface area contributed by atoms with Gasteiger partial charge in [-0.3, -0.25) is 4.79 Å². The van der Waals surface area contributed by atoms with Crippen molar-refractivity contribution in [1.29, 1.82) is 0 Å². The maximum Gasteiger partial charge on any atom is 0.410 e. The molecule has 2 unspecified atom stereocenters. The SMILES string of the molecule is COC(=O)C(c1cc(N2CCN(C(=O)OC(C)(C)C)CC2C)no1)C(C)C. The second-order valence-corrected chi connectivity index (χ2v) is 8.30. The summed E-state index contributed by atoms with van der Waals surface area (Å²) in [6.45, 7) is 13.1. The van der Waals surface area contributed by atoms with Crippen molar-refractivity contribution in [2.45, 2.75) is 59.1 Å². The fourth-order valence-electron chi connectivity index (χ4n) is 3.20. The van der Waals surface area contributed by atoms with E-state index in [2.05, 4.69) is 10.1 Å². The van der Waals surface area contributed by atoms with E-state index in [1.807, 2.05) is 41.5 Å². The third-order valence-electron chi connectivity index (χ3n) is 4.52. The first-order chi connectivity index (χ1) is 12.5. The number of rotatable bonds is 4. The van der Waals surface area contributed by atoms with Crippen LogP contribution < -0.4 is 4.90 Å². The van der Waals surface area contributed by atoms with Gasteiger partial charge in [0.2, 0.25) is 0 Å². The first kappa shape index (κ1) is 21.1. The van der Waals surface area contributed by atoms with Gasteiger partial charge in [0, 0.05) is 31.7 Å². The third kappa shape index (κ3) is 5.14. The van der Waals surface area contributed by atoms with Crippen LogP contribution in [-0.2, 0) is 14.3 Å². The van der Waals surface area contributed by atoms with Crippen LogP contribution in [0.5, 0.6) is 0 Å². The number of ether oxygens (including phenoxy) is 2. The van der Waals surface area contributed by atoms with Crippen molar-refractivity contribution < 1.29 is 23.6 Å². The molecule has 8 heteroatoms. The van der Waals surface area contributed by atoms with Crippen molar-refractivity contribution >= 4 is 17.9 Å². The number of carbonyl (C=O) groups excluding carboxylic acids is 2. The molecular formula is C19H31N3O5. The Labute approximate surface area is 160 Å². The molecule has 0 spiro atoms. The van der Waals surface area contributed by atoms with Crippen molar-refractivity contribution in [2.75, 3.05) is 31.6 Å². The van der Waals surface area contributed by atoms with Crippen LogP contribution >= 0.6 is 0 Å². The Morgan fingerprint density at radius 2 is 1.96 bits per heavy atom. The van der Waals surface area contributed by atoms with E-state index in [9.17, 15) is 9.59 Å². The molecule has 27 heavy (non-hydrogen) atoms. The Bertz CT molecular complexity index is 665. The van der Waals surface area contributed by atoms with Crippen molar-refractivity contribution in [3.63, 3.8) is 0 Å². The number of methoxy groups -OCH3 is 1. The molecule has 8 nitrogen and oxygen atoms in total. The van der Waals surface area contributed by atoms with E-state index in [-0.39, 0.29) is 24.0 Å². The van der Waals surface area contributed by atoms with Crippen LogP contribution in [0, 0.1) is 5.92 Å². The topological polar surface area (TPSA) is 85.1 Å². The van der Waals surface area contributed by atoms with Gasteiger partial charge in [-0.2, -0.15) is 0 Å². The highest BCUT2D eigenvalue weighted by atomic mass is 16.6. The first-order valence-corrected chi connectivity index (χ1v) is 9.32. The molecule has 0 N–H and O–H groups in total. The summed E-state index contributed by atoms with van der Waals surface area (Å²) < 4.78 is 15.8. The Kier molecular flexibility index (Phi) is 6.38. The molecule has 1 aromatic heterocycles. The standard InChI is InChI=1S/C19H31N3O5/c1-12(2)16(17(23)25-7)14-10-15(20-27-14)22-9-8-21(11-13(22)3)18(24)26-19(4,5)6/h10,12-13,16H,8-9,11H2,1-7H3. The fourth-order valence-corrected chi connectivity index (χ4v) is 3.20. The molecule has 1 saturated heterocycles. The average molecular weight is 381 g/mol. The van der Waals surface area contributed by atoms with E-state index in [0.29, 0.717) is 31.2 Å². The zero-order chi connectivity index (χ0) is 20.4. The molecule has 2 heterocycles. The minimum absolute atomic E-state index is 0.0275. The quantitative estimate of drug-likeness (QED) is 0.741. The summed E-state index contributed by atoms with van der Waals surface area (Å²) in [6, 6.07) is 1.83. The van der Waals surface area contributed by atoms with E-state index >= 15 is 0 Å². The van der Waals surface area contributed by atoms with Crippen LogP contribution in [0.25, 0.3) is 0 Å². The zero-order valence-electron chi connectivity index (χ0n) is 17.3. The summed E-state index contributed by atoms with van der Waals surface area (Å²) in [7, 11) is 1.37. The van der Waals surface area contributed by atoms with Gasteiger partial charge in [-0.25, -0.2) is 4.79 Å². The Balaban J connectivity index is 2.08. The maximum absolute atomic E-state index is 12.3. The molecule has 1 amide bonds. The normalized spacial score (nSPS) is 19.2. The highest BCUT2D eigenvalue weighted by Crippen LogP contribution is 2.30. The second kappa shape index (κ2) is 8.19. The maximum atomic E-state index is 12.3. The minimum Gasteiger partial charge on any atom is -0.468 e. The summed E-state index contributed by atoms with van der Waals surface area (Å²) >= 11 is 0. The molecule has 1 aliphatic heterocycles. The number of nitrogens with zero attached hydrogens (tertiary/aromatic N) is 3. The van der Waals surface area contributed by atoms with E-state index in [4.69, 9.17) is 14.0 Å². The van der Waals surface area contributed by atoms with Crippen LogP contribution in [0.15, 0.2) is 10.6 Å². The molecule has 2 rings (SSSR count). The molecule has 0 radical (unpaired) electrons. The predicted octanol–water partition coefficient (Wildman–Crippen LogP) is 3.03.